The minimum absolute atomic E-state index is 0.154. The topological polar surface area (TPSA) is 76.1 Å². The number of amides is 1. The summed E-state index contributed by atoms with van der Waals surface area (Å²) in [6, 6.07) is 7.82. The fourth-order valence-corrected chi connectivity index (χ4v) is 2.90. The molecule has 0 saturated heterocycles. The van der Waals surface area contributed by atoms with Crippen LogP contribution in [-0.4, -0.2) is 29.0 Å². The summed E-state index contributed by atoms with van der Waals surface area (Å²) in [6.45, 7) is 0. The van der Waals surface area contributed by atoms with E-state index in [4.69, 9.17) is 4.74 Å². The van der Waals surface area contributed by atoms with E-state index in [2.05, 4.69) is 20.6 Å². The Bertz CT molecular complexity index is 682. The van der Waals surface area contributed by atoms with Gasteiger partial charge < -0.3 is 15.4 Å². The van der Waals surface area contributed by atoms with Gasteiger partial charge in [0.15, 0.2) is 0 Å². The largest absolute Gasteiger partial charge is 0.495 e. The molecule has 0 bridgehead atoms. The molecule has 1 heterocycles. The van der Waals surface area contributed by atoms with E-state index in [1.807, 2.05) is 24.3 Å². The molecule has 0 atom stereocenters. The lowest BCUT2D eigenvalue weighted by atomic mass is 9.95. The van der Waals surface area contributed by atoms with Crippen molar-refractivity contribution < 1.29 is 9.53 Å². The number of nitrogens with zero attached hydrogens (tertiary/aromatic N) is 2. The lowest BCUT2D eigenvalue weighted by Crippen LogP contribution is -2.36. The van der Waals surface area contributed by atoms with Crippen molar-refractivity contribution in [3.05, 3.63) is 42.4 Å². The lowest BCUT2D eigenvalue weighted by molar-refractivity contribution is 0.0922. The standard InChI is InChI=1S/C18H22N4O2/c1-24-16-10-6-5-9-14(16)22-17-12-19-15(11-20-17)18(23)21-13-7-3-2-4-8-13/h5-6,9-13H,2-4,7-8H2,1H3,(H,20,22)(H,21,23). The maximum atomic E-state index is 12.2. The molecule has 1 aliphatic rings. The van der Waals surface area contributed by atoms with Gasteiger partial charge >= 0.3 is 0 Å². The predicted octanol–water partition coefficient (Wildman–Crippen LogP) is 3.29. The van der Waals surface area contributed by atoms with E-state index < -0.39 is 0 Å². The number of aromatic nitrogens is 2. The van der Waals surface area contributed by atoms with E-state index in [0.29, 0.717) is 11.5 Å². The Kier molecular flexibility index (Phi) is 5.25. The van der Waals surface area contributed by atoms with Crippen LogP contribution in [0, 0.1) is 0 Å². The van der Waals surface area contributed by atoms with Crippen molar-refractivity contribution in [2.45, 2.75) is 38.1 Å². The normalized spacial score (nSPS) is 14.9. The first kappa shape index (κ1) is 16.2. The molecule has 1 amide bonds. The Morgan fingerprint density at radius 1 is 1.12 bits per heavy atom. The maximum Gasteiger partial charge on any atom is 0.271 e. The fourth-order valence-electron chi connectivity index (χ4n) is 2.90. The van der Waals surface area contributed by atoms with Crippen LogP contribution in [0.25, 0.3) is 0 Å². The first-order valence-corrected chi connectivity index (χ1v) is 8.29. The van der Waals surface area contributed by atoms with Gasteiger partial charge in [-0.3, -0.25) is 4.79 Å². The molecule has 1 saturated carbocycles. The van der Waals surface area contributed by atoms with Gasteiger partial charge in [0.05, 0.1) is 25.2 Å². The number of ether oxygens (including phenoxy) is 1. The Hall–Kier alpha value is -2.63. The number of anilines is 2. The molecule has 1 fully saturated rings. The SMILES string of the molecule is COc1ccccc1Nc1cnc(C(=O)NC2CCCCC2)cn1. The van der Waals surface area contributed by atoms with Gasteiger partial charge in [-0.15, -0.1) is 0 Å². The molecular formula is C18H22N4O2. The number of hydrogen-bond donors (Lipinski definition) is 2. The molecule has 0 spiro atoms. The van der Waals surface area contributed by atoms with E-state index in [-0.39, 0.29) is 11.9 Å². The average Bonchev–Trinajstić information content (AvgIpc) is 2.63. The Balaban J connectivity index is 1.63. The van der Waals surface area contributed by atoms with Crippen molar-refractivity contribution in [2.24, 2.45) is 0 Å². The first-order chi connectivity index (χ1) is 11.8. The van der Waals surface area contributed by atoms with Crippen molar-refractivity contribution >= 4 is 17.4 Å². The third-order valence-corrected chi connectivity index (χ3v) is 4.19. The molecule has 24 heavy (non-hydrogen) atoms. The maximum absolute atomic E-state index is 12.2. The van der Waals surface area contributed by atoms with Gasteiger partial charge in [-0.2, -0.15) is 0 Å². The van der Waals surface area contributed by atoms with Crippen molar-refractivity contribution in [1.82, 2.24) is 15.3 Å². The molecule has 126 valence electrons. The summed E-state index contributed by atoms with van der Waals surface area (Å²) in [4.78, 5) is 20.7. The Morgan fingerprint density at radius 2 is 1.92 bits per heavy atom. The third-order valence-electron chi connectivity index (χ3n) is 4.19. The van der Waals surface area contributed by atoms with Crippen LogP contribution >= 0.6 is 0 Å². The predicted molar refractivity (Wildman–Crippen MR) is 92.6 cm³/mol. The zero-order valence-corrected chi connectivity index (χ0v) is 13.8. The molecule has 3 rings (SSSR count). The van der Waals surface area contributed by atoms with Crippen molar-refractivity contribution in [3.63, 3.8) is 0 Å². The van der Waals surface area contributed by atoms with Gasteiger partial charge in [0.1, 0.15) is 17.3 Å². The van der Waals surface area contributed by atoms with E-state index >= 15 is 0 Å². The fraction of sp³-hybridized carbons (Fsp3) is 0.389. The van der Waals surface area contributed by atoms with Crippen LogP contribution in [0.4, 0.5) is 11.5 Å². The molecule has 1 aliphatic carbocycles. The van der Waals surface area contributed by atoms with Gasteiger partial charge in [-0.25, -0.2) is 9.97 Å². The number of rotatable bonds is 5. The highest BCUT2D eigenvalue weighted by molar-refractivity contribution is 5.92. The molecular weight excluding hydrogens is 304 g/mol. The molecule has 6 heteroatoms. The summed E-state index contributed by atoms with van der Waals surface area (Å²) < 4.78 is 5.29. The van der Waals surface area contributed by atoms with E-state index in [1.165, 1.54) is 25.5 Å². The van der Waals surface area contributed by atoms with Crippen LogP contribution in [-0.2, 0) is 0 Å². The molecule has 2 aromatic rings. The van der Waals surface area contributed by atoms with Gasteiger partial charge in [-0.05, 0) is 25.0 Å². The smallest absolute Gasteiger partial charge is 0.271 e. The molecule has 0 radical (unpaired) electrons. The van der Waals surface area contributed by atoms with Crippen molar-refractivity contribution in [1.29, 1.82) is 0 Å². The Morgan fingerprint density at radius 3 is 2.62 bits per heavy atom. The summed E-state index contributed by atoms with van der Waals surface area (Å²) >= 11 is 0. The zero-order chi connectivity index (χ0) is 16.8. The molecule has 0 unspecified atom stereocenters. The molecule has 6 nitrogen and oxygen atoms in total. The third kappa shape index (κ3) is 4.01. The van der Waals surface area contributed by atoms with Crippen molar-refractivity contribution in [3.8, 4) is 5.75 Å². The zero-order valence-electron chi connectivity index (χ0n) is 13.8. The van der Waals surface area contributed by atoms with Crippen molar-refractivity contribution in [2.75, 3.05) is 12.4 Å². The second-order valence-corrected chi connectivity index (χ2v) is 5.92. The van der Waals surface area contributed by atoms with Crippen LogP contribution in [0.1, 0.15) is 42.6 Å². The first-order valence-electron chi connectivity index (χ1n) is 8.29. The average molecular weight is 326 g/mol. The van der Waals surface area contributed by atoms with Crippen LogP contribution in [0.5, 0.6) is 5.75 Å². The van der Waals surface area contributed by atoms with Gasteiger partial charge in [0.25, 0.3) is 5.91 Å². The molecule has 0 aliphatic heterocycles. The number of hydrogen-bond acceptors (Lipinski definition) is 5. The molecule has 1 aromatic carbocycles. The second kappa shape index (κ2) is 7.77. The summed E-state index contributed by atoms with van der Waals surface area (Å²) in [5, 5.41) is 6.18. The highest BCUT2D eigenvalue weighted by Gasteiger charge is 2.17. The number of carbonyl (C=O) groups is 1. The van der Waals surface area contributed by atoms with Crippen LogP contribution in [0.3, 0.4) is 0 Å². The van der Waals surface area contributed by atoms with E-state index in [1.54, 1.807) is 13.3 Å². The van der Waals surface area contributed by atoms with E-state index in [0.717, 1.165) is 24.3 Å². The Labute approximate surface area is 141 Å². The summed E-state index contributed by atoms with van der Waals surface area (Å²) in [5.74, 6) is 1.13. The number of benzene rings is 1. The second-order valence-electron chi connectivity index (χ2n) is 5.92. The summed E-state index contributed by atoms with van der Waals surface area (Å²) in [7, 11) is 1.62. The minimum Gasteiger partial charge on any atom is -0.495 e. The summed E-state index contributed by atoms with van der Waals surface area (Å²) in [5.41, 5.74) is 1.14. The lowest BCUT2D eigenvalue weighted by Gasteiger charge is -2.22. The van der Waals surface area contributed by atoms with Gasteiger partial charge in [-0.1, -0.05) is 31.4 Å². The number of para-hydroxylation sites is 2. The van der Waals surface area contributed by atoms with Crippen LogP contribution in [0.2, 0.25) is 0 Å². The van der Waals surface area contributed by atoms with Gasteiger partial charge in [0.2, 0.25) is 0 Å². The van der Waals surface area contributed by atoms with Crippen LogP contribution < -0.4 is 15.4 Å². The van der Waals surface area contributed by atoms with Crippen LogP contribution in [0.15, 0.2) is 36.7 Å². The number of carbonyl (C=O) groups excluding carboxylic acids is 1. The molecule has 2 N–H and O–H groups in total. The highest BCUT2D eigenvalue weighted by atomic mass is 16.5. The highest BCUT2D eigenvalue weighted by Crippen LogP contribution is 2.25. The quantitative estimate of drug-likeness (QED) is 0.882. The van der Waals surface area contributed by atoms with Gasteiger partial charge in [0, 0.05) is 6.04 Å². The number of nitrogens with one attached hydrogen (secondary N) is 2. The minimum atomic E-state index is -0.154. The summed E-state index contributed by atoms with van der Waals surface area (Å²) in [6.07, 6.45) is 8.77. The van der Waals surface area contributed by atoms with E-state index in [9.17, 15) is 4.79 Å². The monoisotopic (exact) mass is 326 g/mol. The number of methoxy groups -OCH3 is 1. The molecule has 1 aromatic heterocycles.